The molecule has 2 amide bonds. The van der Waals surface area contributed by atoms with Crippen molar-refractivity contribution in [2.24, 2.45) is 0 Å². The summed E-state index contributed by atoms with van der Waals surface area (Å²) in [7, 11) is 0. The number of hydrogen-bond acceptors (Lipinski definition) is 4. The molecule has 0 aliphatic carbocycles. The van der Waals surface area contributed by atoms with Crippen molar-refractivity contribution in [1.82, 2.24) is 5.32 Å². The molecule has 0 saturated carbocycles. The summed E-state index contributed by atoms with van der Waals surface area (Å²) in [6.07, 6.45) is 1.09. The normalized spacial score (nSPS) is 14.3. The summed E-state index contributed by atoms with van der Waals surface area (Å²) in [6, 6.07) is 22.1. The standard InChI is InChI=1S/C25H23N3O3/c29-23-16-31-24-20(5-3-6-21(24)27-23)25(30)26-14-17-8-10-18(11-9-17)15-28-13-12-19-4-1-2-7-22(19)28/h1-11H,12-16H2,(H,26,30)(H,27,29). The molecule has 0 fully saturated rings. The Morgan fingerprint density at radius 2 is 1.81 bits per heavy atom. The van der Waals surface area contributed by atoms with Crippen LogP contribution in [0.2, 0.25) is 0 Å². The van der Waals surface area contributed by atoms with Gasteiger partial charge in [-0.2, -0.15) is 0 Å². The van der Waals surface area contributed by atoms with E-state index in [9.17, 15) is 9.59 Å². The summed E-state index contributed by atoms with van der Waals surface area (Å²) in [5.74, 6) is -0.0332. The molecule has 6 nitrogen and oxygen atoms in total. The minimum absolute atomic E-state index is 0.0831. The van der Waals surface area contributed by atoms with E-state index in [4.69, 9.17) is 4.74 Å². The van der Waals surface area contributed by atoms with Gasteiger partial charge in [-0.3, -0.25) is 9.59 Å². The van der Waals surface area contributed by atoms with Crippen LogP contribution < -0.4 is 20.3 Å². The van der Waals surface area contributed by atoms with E-state index >= 15 is 0 Å². The molecule has 3 aromatic rings. The lowest BCUT2D eigenvalue weighted by Gasteiger charge is -2.20. The second kappa shape index (κ2) is 8.14. The summed E-state index contributed by atoms with van der Waals surface area (Å²) >= 11 is 0. The van der Waals surface area contributed by atoms with Crippen molar-refractivity contribution in [3.63, 3.8) is 0 Å². The zero-order valence-corrected chi connectivity index (χ0v) is 17.1. The molecule has 156 valence electrons. The van der Waals surface area contributed by atoms with Crippen LogP contribution in [0, 0.1) is 0 Å². The van der Waals surface area contributed by atoms with E-state index in [0.29, 0.717) is 23.5 Å². The van der Waals surface area contributed by atoms with Gasteiger partial charge in [0.25, 0.3) is 11.8 Å². The summed E-state index contributed by atoms with van der Waals surface area (Å²) in [6.45, 7) is 2.26. The van der Waals surface area contributed by atoms with E-state index in [1.807, 2.05) is 0 Å². The Hall–Kier alpha value is -3.80. The number of para-hydroxylation sites is 2. The molecule has 31 heavy (non-hydrogen) atoms. The summed E-state index contributed by atoms with van der Waals surface area (Å²) < 4.78 is 5.47. The second-order valence-electron chi connectivity index (χ2n) is 7.82. The molecule has 2 aliphatic rings. The monoisotopic (exact) mass is 413 g/mol. The van der Waals surface area contributed by atoms with Crippen LogP contribution in [0.4, 0.5) is 11.4 Å². The minimum Gasteiger partial charge on any atom is -0.481 e. The average Bonchev–Trinajstić information content (AvgIpc) is 3.20. The van der Waals surface area contributed by atoms with Gasteiger partial charge in [-0.05, 0) is 41.3 Å². The number of amides is 2. The first-order valence-electron chi connectivity index (χ1n) is 10.4. The topological polar surface area (TPSA) is 70.7 Å². The third kappa shape index (κ3) is 3.97. The second-order valence-corrected chi connectivity index (χ2v) is 7.82. The SMILES string of the molecule is O=C1COc2c(cccc2C(=O)NCc2ccc(CN3CCc4ccccc43)cc2)N1. The molecule has 2 aliphatic heterocycles. The number of benzene rings is 3. The predicted molar refractivity (Wildman–Crippen MR) is 119 cm³/mol. The van der Waals surface area contributed by atoms with Gasteiger partial charge in [0.05, 0.1) is 11.3 Å². The van der Waals surface area contributed by atoms with E-state index in [-0.39, 0.29) is 18.4 Å². The predicted octanol–water partition coefficient (Wildman–Crippen LogP) is 3.51. The number of nitrogens with zero attached hydrogens (tertiary/aromatic N) is 1. The molecule has 2 N–H and O–H groups in total. The van der Waals surface area contributed by atoms with Crippen LogP contribution in [-0.2, 0) is 24.3 Å². The fourth-order valence-electron chi connectivity index (χ4n) is 4.13. The zero-order valence-electron chi connectivity index (χ0n) is 17.1. The summed E-state index contributed by atoms with van der Waals surface area (Å²) in [4.78, 5) is 26.6. The Bertz CT molecular complexity index is 1140. The average molecular weight is 413 g/mol. The van der Waals surface area contributed by atoms with Crippen molar-refractivity contribution in [2.75, 3.05) is 23.4 Å². The number of carbonyl (C=O) groups is 2. The number of nitrogens with one attached hydrogen (secondary N) is 2. The van der Waals surface area contributed by atoms with Crippen LogP contribution in [0.5, 0.6) is 5.75 Å². The lowest BCUT2D eigenvalue weighted by Crippen LogP contribution is -2.29. The van der Waals surface area contributed by atoms with Crippen LogP contribution in [-0.4, -0.2) is 25.0 Å². The van der Waals surface area contributed by atoms with E-state index in [0.717, 1.165) is 25.1 Å². The Labute approximate surface area is 180 Å². The first-order chi connectivity index (χ1) is 15.2. The van der Waals surface area contributed by atoms with Gasteiger partial charge in [0.2, 0.25) is 0 Å². The molecule has 0 bridgehead atoms. The summed E-state index contributed by atoms with van der Waals surface area (Å²) in [5, 5.41) is 5.66. The van der Waals surface area contributed by atoms with Gasteiger partial charge in [0.15, 0.2) is 12.4 Å². The van der Waals surface area contributed by atoms with Gasteiger partial charge < -0.3 is 20.3 Å². The molecule has 3 aromatic carbocycles. The number of fused-ring (bicyclic) bond motifs is 2. The van der Waals surface area contributed by atoms with E-state index in [1.54, 1.807) is 18.2 Å². The van der Waals surface area contributed by atoms with Crippen LogP contribution in [0.15, 0.2) is 66.7 Å². The molecular formula is C25H23N3O3. The van der Waals surface area contributed by atoms with E-state index < -0.39 is 0 Å². The fourth-order valence-corrected chi connectivity index (χ4v) is 4.13. The van der Waals surface area contributed by atoms with Crippen LogP contribution in [0.1, 0.15) is 27.0 Å². The third-order valence-corrected chi connectivity index (χ3v) is 5.71. The van der Waals surface area contributed by atoms with Crippen LogP contribution in [0.25, 0.3) is 0 Å². The highest BCUT2D eigenvalue weighted by Gasteiger charge is 2.22. The quantitative estimate of drug-likeness (QED) is 0.672. The maximum atomic E-state index is 12.7. The van der Waals surface area contributed by atoms with Crippen molar-refractivity contribution < 1.29 is 14.3 Å². The Morgan fingerprint density at radius 1 is 1.00 bits per heavy atom. The van der Waals surface area contributed by atoms with Crippen molar-refractivity contribution in [1.29, 1.82) is 0 Å². The molecule has 6 heteroatoms. The van der Waals surface area contributed by atoms with Gasteiger partial charge >= 0.3 is 0 Å². The highest BCUT2D eigenvalue weighted by molar-refractivity contribution is 6.03. The van der Waals surface area contributed by atoms with Gasteiger partial charge in [0.1, 0.15) is 0 Å². The maximum absolute atomic E-state index is 12.7. The molecule has 5 rings (SSSR count). The lowest BCUT2D eigenvalue weighted by atomic mass is 10.1. The molecule has 0 atom stereocenters. The van der Waals surface area contributed by atoms with E-state index in [1.165, 1.54) is 16.8 Å². The minimum atomic E-state index is -0.231. The number of ether oxygens (including phenoxy) is 1. The highest BCUT2D eigenvalue weighted by atomic mass is 16.5. The van der Waals surface area contributed by atoms with Gasteiger partial charge in [0, 0.05) is 25.3 Å². The van der Waals surface area contributed by atoms with Crippen molar-refractivity contribution >= 4 is 23.2 Å². The van der Waals surface area contributed by atoms with Crippen molar-refractivity contribution in [3.05, 3.63) is 89.0 Å². The first-order valence-corrected chi connectivity index (χ1v) is 10.4. The third-order valence-electron chi connectivity index (χ3n) is 5.71. The number of rotatable bonds is 5. The molecule has 0 spiro atoms. The van der Waals surface area contributed by atoms with Crippen molar-refractivity contribution in [2.45, 2.75) is 19.5 Å². The number of carbonyl (C=O) groups excluding carboxylic acids is 2. The molecular weight excluding hydrogens is 390 g/mol. The molecule has 0 saturated heterocycles. The van der Waals surface area contributed by atoms with Crippen molar-refractivity contribution in [3.8, 4) is 5.75 Å². The molecule has 0 unspecified atom stereocenters. The van der Waals surface area contributed by atoms with Gasteiger partial charge in [-0.25, -0.2) is 0 Å². The molecule has 2 heterocycles. The van der Waals surface area contributed by atoms with Crippen LogP contribution in [0.3, 0.4) is 0 Å². The largest absolute Gasteiger partial charge is 0.481 e. The zero-order chi connectivity index (χ0) is 21.2. The van der Waals surface area contributed by atoms with E-state index in [2.05, 4.69) is 64.1 Å². The number of hydrogen-bond donors (Lipinski definition) is 2. The first kappa shape index (κ1) is 19.2. The fraction of sp³-hybridized carbons (Fsp3) is 0.200. The summed E-state index contributed by atoms with van der Waals surface area (Å²) in [5.41, 5.74) is 5.95. The van der Waals surface area contributed by atoms with Crippen LogP contribution >= 0.6 is 0 Å². The lowest BCUT2D eigenvalue weighted by molar-refractivity contribution is -0.118. The maximum Gasteiger partial charge on any atom is 0.262 e. The smallest absolute Gasteiger partial charge is 0.262 e. The van der Waals surface area contributed by atoms with Gasteiger partial charge in [-0.1, -0.05) is 48.5 Å². The Kier molecular flexibility index (Phi) is 5.04. The Morgan fingerprint density at radius 3 is 2.68 bits per heavy atom. The molecule has 0 radical (unpaired) electrons. The van der Waals surface area contributed by atoms with Gasteiger partial charge in [-0.15, -0.1) is 0 Å². The number of anilines is 2. The highest BCUT2D eigenvalue weighted by Crippen LogP contribution is 2.31. The Balaban J connectivity index is 1.21. The molecule has 0 aromatic heterocycles.